The van der Waals surface area contributed by atoms with E-state index in [1.54, 1.807) is 7.11 Å². The van der Waals surface area contributed by atoms with Crippen molar-refractivity contribution in [1.29, 1.82) is 0 Å². The highest BCUT2D eigenvalue weighted by atomic mass is 16.7. The Morgan fingerprint density at radius 2 is 1.79 bits per heavy atom. The Bertz CT molecular complexity index is 269. The first-order valence-electron chi connectivity index (χ1n) is 5.17. The Balaban J connectivity index is 2.74. The number of rotatable bonds is 5. The predicted octanol–water partition coefficient (Wildman–Crippen LogP) is 2.63. The van der Waals surface area contributed by atoms with Gasteiger partial charge in [-0.05, 0) is 17.5 Å². The van der Waals surface area contributed by atoms with Crippen molar-refractivity contribution in [2.45, 2.75) is 26.8 Å². The van der Waals surface area contributed by atoms with E-state index in [4.69, 9.17) is 4.84 Å². The van der Waals surface area contributed by atoms with Gasteiger partial charge in [0.05, 0.1) is 7.11 Å². The van der Waals surface area contributed by atoms with Crippen LogP contribution >= 0.6 is 0 Å². The minimum absolute atomic E-state index is 0.872. The van der Waals surface area contributed by atoms with Crippen LogP contribution in [0.4, 0.5) is 0 Å². The zero-order valence-corrected chi connectivity index (χ0v) is 9.29. The molecule has 0 bridgehead atoms. The molecule has 0 aliphatic carbocycles. The van der Waals surface area contributed by atoms with Crippen LogP contribution in [0.1, 0.15) is 25.0 Å². The second-order valence-electron chi connectivity index (χ2n) is 3.26. The second-order valence-corrected chi connectivity index (χ2v) is 3.26. The number of hydroxylamine groups is 2. The van der Waals surface area contributed by atoms with E-state index in [1.165, 1.54) is 11.1 Å². The normalized spacial score (nSPS) is 10.9. The minimum atomic E-state index is 0.872. The molecule has 1 aromatic rings. The van der Waals surface area contributed by atoms with Crippen molar-refractivity contribution in [3.8, 4) is 0 Å². The maximum atomic E-state index is 5.24. The topological polar surface area (TPSA) is 12.5 Å². The van der Waals surface area contributed by atoms with Crippen LogP contribution < -0.4 is 0 Å². The highest BCUT2D eigenvalue weighted by molar-refractivity contribution is 5.26. The van der Waals surface area contributed by atoms with Gasteiger partial charge in [0.2, 0.25) is 0 Å². The summed E-state index contributed by atoms with van der Waals surface area (Å²) in [6.07, 6.45) is 1.08. The first-order valence-corrected chi connectivity index (χ1v) is 5.17. The van der Waals surface area contributed by atoms with E-state index in [0.717, 1.165) is 19.5 Å². The lowest BCUT2D eigenvalue weighted by Gasteiger charge is -2.18. The molecule has 0 saturated carbocycles. The molecule has 0 aromatic heterocycles. The smallest absolute Gasteiger partial charge is 0.0575 e. The van der Waals surface area contributed by atoms with Crippen LogP contribution in [0.3, 0.4) is 0 Å². The van der Waals surface area contributed by atoms with Crippen molar-refractivity contribution >= 4 is 0 Å². The molecule has 78 valence electrons. The molecule has 14 heavy (non-hydrogen) atoms. The van der Waals surface area contributed by atoms with Crippen molar-refractivity contribution in [3.05, 3.63) is 35.4 Å². The first kappa shape index (κ1) is 11.2. The van der Waals surface area contributed by atoms with Crippen molar-refractivity contribution in [3.63, 3.8) is 0 Å². The molecule has 2 nitrogen and oxygen atoms in total. The van der Waals surface area contributed by atoms with Gasteiger partial charge in [-0.3, -0.25) is 0 Å². The molecular weight excluding hydrogens is 174 g/mol. The Hall–Kier alpha value is -0.860. The van der Waals surface area contributed by atoms with Crippen LogP contribution in [0.5, 0.6) is 0 Å². The maximum absolute atomic E-state index is 5.24. The van der Waals surface area contributed by atoms with E-state index in [-0.39, 0.29) is 0 Å². The maximum Gasteiger partial charge on any atom is 0.0575 e. The van der Waals surface area contributed by atoms with Crippen molar-refractivity contribution < 1.29 is 4.84 Å². The van der Waals surface area contributed by atoms with Gasteiger partial charge in [0.25, 0.3) is 0 Å². The molecule has 0 amide bonds. The third kappa shape index (κ3) is 2.82. The molecule has 0 unspecified atom stereocenters. The zero-order valence-electron chi connectivity index (χ0n) is 9.29. The Morgan fingerprint density at radius 3 is 2.29 bits per heavy atom. The van der Waals surface area contributed by atoms with Gasteiger partial charge in [0.1, 0.15) is 0 Å². The molecule has 0 heterocycles. The summed E-state index contributed by atoms with van der Waals surface area (Å²) in [4.78, 5) is 5.24. The SMILES string of the molecule is CCc1ccccc1CN(CC)OC. The molecule has 0 aliphatic heterocycles. The molecule has 0 fully saturated rings. The van der Waals surface area contributed by atoms with E-state index in [2.05, 4.69) is 38.1 Å². The van der Waals surface area contributed by atoms with Crippen LogP contribution in [-0.2, 0) is 17.8 Å². The van der Waals surface area contributed by atoms with Crippen LogP contribution in [-0.4, -0.2) is 18.7 Å². The van der Waals surface area contributed by atoms with E-state index < -0.39 is 0 Å². The van der Waals surface area contributed by atoms with Crippen molar-refractivity contribution in [1.82, 2.24) is 5.06 Å². The minimum Gasteiger partial charge on any atom is -0.302 e. The summed E-state index contributed by atoms with van der Waals surface area (Å²) in [5.41, 5.74) is 2.77. The van der Waals surface area contributed by atoms with Crippen molar-refractivity contribution in [2.75, 3.05) is 13.7 Å². The van der Waals surface area contributed by atoms with Gasteiger partial charge >= 0.3 is 0 Å². The molecular formula is C12H19NO. The molecule has 2 heteroatoms. The monoisotopic (exact) mass is 193 g/mol. The molecule has 0 atom stereocenters. The number of nitrogens with zero attached hydrogens (tertiary/aromatic N) is 1. The average Bonchev–Trinajstić information content (AvgIpc) is 2.26. The molecule has 0 aliphatic rings. The van der Waals surface area contributed by atoms with Gasteiger partial charge in [0, 0.05) is 13.1 Å². The average molecular weight is 193 g/mol. The molecule has 0 spiro atoms. The number of hydrogen-bond acceptors (Lipinski definition) is 2. The predicted molar refractivity (Wildman–Crippen MR) is 58.9 cm³/mol. The Morgan fingerprint density at radius 1 is 1.14 bits per heavy atom. The van der Waals surface area contributed by atoms with Gasteiger partial charge in [-0.2, -0.15) is 5.06 Å². The fourth-order valence-electron chi connectivity index (χ4n) is 1.55. The van der Waals surface area contributed by atoms with Gasteiger partial charge in [-0.25, -0.2) is 0 Å². The highest BCUT2D eigenvalue weighted by Gasteiger charge is 2.04. The summed E-state index contributed by atoms with van der Waals surface area (Å²) in [5, 5.41) is 1.95. The van der Waals surface area contributed by atoms with E-state index in [1.807, 2.05) is 5.06 Å². The third-order valence-electron chi connectivity index (χ3n) is 2.46. The molecule has 1 aromatic carbocycles. The lowest BCUT2D eigenvalue weighted by Crippen LogP contribution is -2.21. The summed E-state index contributed by atoms with van der Waals surface area (Å²) in [6.45, 7) is 6.06. The third-order valence-corrected chi connectivity index (χ3v) is 2.46. The summed E-state index contributed by atoms with van der Waals surface area (Å²) >= 11 is 0. The van der Waals surface area contributed by atoms with Crippen LogP contribution in [0.2, 0.25) is 0 Å². The lowest BCUT2D eigenvalue weighted by atomic mass is 10.1. The lowest BCUT2D eigenvalue weighted by molar-refractivity contribution is -0.135. The van der Waals surface area contributed by atoms with Gasteiger partial charge in [0.15, 0.2) is 0 Å². The van der Waals surface area contributed by atoms with E-state index >= 15 is 0 Å². The van der Waals surface area contributed by atoms with E-state index in [9.17, 15) is 0 Å². The standard InChI is InChI=1S/C12H19NO/c1-4-11-8-6-7-9-12(11)10-13(5-2)14-3/h6-9H,4-5,10H2,1-3H3. The number of aryl methyl sites for hydroxylation is 1. The molecule has 1 rings (SSSR count). The highest BCUT2D eigenvalue weighted by Crippen LogP contribution is 2.12. The van der Waals surface area contributed by atoms with Crippen LogP contribution in [0.25, 0.3) is 0 Å². The second kappa shape index (κ2) is 5.78. The summed E-state index contributed by atoms with van der Waals surface area (Å²) < 4.78 is 0. The molecule has 0 saturated heterocycles. The quantitative estimate of drug-likeness (QED) is 0.666. The van der Waals surface area contributed by atoms with E-state index in [0.29, 0.717) is 0 Å². The Labute approximate surface area is 86.4 Å². The van der Waals surface area contributed by atoms with Crippen LogP contribution in [0, 0.1) is 0 Å². The Kier molecular flexibility index (Phi) is 4.63. The fourth-order valence-corrected chi connectivity index (χ4v) is 1.55. The van der Waals surface area contributed by atoms with Crippen LogP contribution in [0.15, 0.2) is 24.3 Å². The fraction of sp³-hybridized carbons (Fsp3) is 0.500. The van der Waals surface area contributed by atoms with Crippen molar-refractivity contribution in [2.24, 2.45) is 0 Å². The molecule has 0 N–H and O–H groups in total. The number of hydrogen-bond donors (Lipinski definition) is 0. The van der Waals surface area contributed by atoms with Gasteiger partial charge in [-0.1, -0.05) is 38.1 Å². The van der Waals surface area contributed by atoms with Gasteiger partial charge < -0.3 is 4.84 Å². The largest absolute Gasteiger partial charge is 0.302 e. The number of benzene rings is 1. The zero-order chi connectivity index (χ0) is 10.4. The summed E-state index contributed by atoms with van der Waals surface area (Å²) in [5.74, 6) is 0. The summed E-state index contributed by atoms with van der Waals surface area (Å²) in [7, 11) is 1.72. The molecule has 0 radical (unpaired) electrons. The first-order chi connectivity index (χ1) is 6.81. The summed E-state index contributed by atoms with van der Waals surface area (Å²) in [6, 6.07) is 8.52. The van der Waals surface area contributed by atoms with Gasteiger partial charge in [-0.15, -0.1) is 0 Å².